The fourth-order valence-corrected chi connectivity index (χ4v) is 5.40. The average Bonchev–Trinajstić information content (AvgIpc) is 3.46. The van der Waals surface area contributed by atoms with Crippen LogP contribution in [0.25, 0.3) is 32.4 Å². The van der Waals surface area contributed by atoms with E-state index in [2.05, 4.69) is 49.7 Å². The Morgan fingerprint density at radius 2 is 2.06 bits per heavy atom. The molecule has 6 rings (SSSR count). The summed E-state index contributed by atoms with van der Waals surface area (Å²) in [6.07, 6.45) is 6.31. The summed E-state index contributed by atoms with van der Waals surface area (Å²) in [5.74, 6) is -0.000896. The van der Waals surface area contributed by atoms with Gasteiger partial charge in [-0.3, -0.25) is 9.89 Å². The number of amides is 1. The largest absolute Gasteiger partial charge is 0.345 e. The normalized spacial score (nSPS) is 15.8. The zero-order valence-electron chi connectivity index (χ0n) is 16.6. The molecule has 1 unspecified atom stereocenters. The van der Waals surface area contributed by atoms with Gasteiger partial charge in [0.05, 0.1) is 28.2 Å². The van der Waals surface area contributed by atoms with Gasteiger partial charge in [0, 0.05) is 10.3 Å². The van der Waals surface area contributed by atoms with Gasteiger partial charge in [-0.15, -0.1) is 11.3 Å². The number of thiophene rings is 1. The lowest BCUT2D eigenvalue weighted by Crippen LogP contribution is -2.30. The first-order chi connectivity index (χ1) is 15.3. The molecule has 0 bridgehead atoms. The molecule has 152 valence electrons. The van der Waals surface area contributed by atoms with E-state index in [1.54, 1.807) is 23.9 Å². The molecule has 0 radical (unpaired) electrons. The molecule has 7 heteroatoms. The summed E-state index contributed by atoms with van der Waals surface area (Å²) >= 11 is 1.54. The van der Waals surface area contributed by atoms with Crippen molar-refractivity contribution in [3.05, 3.63) is 77.1 Å². The van der Waals surface area contributed by atoms with Crippen molar-refractivity contribution in [3.63, 3.8) is 0 Å². The first-order valence-electron chi connectivity index (χ1n) is 10.3. The van der Waals surface area contributed by atoms with Gasteiger partial charge in [0.25, 0.3) is 5.91 Å². The molecule has 0 spiro atoms. The standard InChI is InChI=1S/C24H19N5OS/c30-24(21-11-15-4-1-2-7-20(15)31-21)28-19-6-3-5-14-10-16(8-9-17(14)19)22-18-12-27-29-23(18)26-13-25-22/h1-2,4,7-13,19H,3,5-6H2,(H,28,30)(H,25,26,27,29). The van der Waals surface area contributed by atoms with Crippen LogP contribution in [-0.4, -0.2) is 26.1 Å². The third-order valence-electron chi connectivity index (χ3n) is 5.93. The summed E-state index contributed by atoms with van der Waals surface area (Å²) < 4.78 is 1.14. The Labute approximate surface area is 182 Å². The molecule has 1 aliphatic rings. The Morgan fingerprint density at radius 3 is 3.00 bits per heavy atom. The van der Waals surface area contributed by atoms with Crippen molar-refractivity contribution in [2.24, 2.45) is 0 Å². The molecule has 0 saturated carbocycles. The Bertz CT molecular complexity index is 1400. The van der Waals surface area contributed by atoms with Crippen molar-refractivity contribution in [2.45, 2.75) is 25.3 Å². The Balaban J connectivity index is 1.30. The number of aryl methyl sites for hydroxylation is 1. The van der Waals surface area contributed by atoms with Crippen molar-refractivity contribution in [1.29, 1.82) is 0 Å². The number of H-pyrrole nitrogens is 1. The maximum absolute atomic E-state index is 13.0. The molecule has 1 amide bonds. The van der Waals surface area contributed by atoms with Crippen LogP contribution < -0.4 is 5.32 Å². The van der Waals surface area contributed by atoms with Crippen LogP contribution in [0, 0.1) is 0 Å². The van der Waals surface area contributed by atoms with Crippen molar-refractivity contribution in [3.8, 4) is 11.3 Å². The van der Waals surface area contributed by atoms with Crippen molar-refractivity contribution >= 4 is 38.4 Å². The lowest BCUT2D eigenvalue weighted by atomic mass is 9.86. The molecule has 3 aromatic heterocycles. The second-order valence-corrected chi connectivity index (χ2v) is 8.92. The predicted molar refractivity (Wildman–Crippen MR) is 122 cm³/mol. The number of rotatable bonds is 3. The number of aromatic amines is 1. The summed E-state index contributed by atoms with van der Waals surface area (Å²) in [7, 11) is 0. The maximum atomic E-state index is 13.0. The van der Waals surface area contributed by atoms with E-state index in [-0.39, 0.29) is 11.9 Å². The van der Waals surface area contributed by atoms with E-state index in [4.69, 9.17) is 0 Å². The molecule has 1 atom stereocenters. The summed E-state index contributed by atoms with van der Waals surface area (Å²) in [6, 6.07) is 16.5. The third kappa shape index (κ3) is 3.18. The number of nitrogens with one attached hydrogen (secondary N) is 2. The van der Waals surface area contributed by atoms with E-state index < -0.39 is 0 Å². The van der Waals surface area contributed by atoms with Gasteiger partial charge in [0.2, 0.25) is 0 Å². The minimum atomic E-state index is -0.000896. The quantitative estimate of drug-likeness (QED) is 0.424. The molecule has 5 aromatic rings. The smallest absolute Gasteiger partial charge is 0.261 e. The van der Waals surface area contributed by atoms with Gasteiger partial charge in [-0.25, -0.2) is 9.97 Å². The number of benzene rings is 2. The maximum Gasteiger partial charge on any atom is 0.261 e. The monoisotopic (exact) mass is 425 g/mol. The molecule has 6 nitrogen and oxygen atoms in total. The van der Waals surface area contributed by atoms with E-state index in [0.29, 0.717) is 0 Å². The molecule has 2 N–H and O–H groups in total. The van der Waals surface area contributed by atoms with Crippen LogP contribution in [0.2, 0.25) is 0 Å². The number of hydrogen-bond acceptors (Lipinski definition) is 5. The Hall–Kier alpha value is -3.58. The fraction of sp³-hybridized carbons (Fsp3) is 0.167. The Morgan fingerprint density at radius 1 is 1.13 bits per heavy atom. The van der Waals surface area contributed by atoms with Gasteiger partial charge in [-0.05, 0) is 54.0 Å². The van der Waals surface area contributed by atoms with Crippen LogP contribution in [-0.2, 0) is 6.42 Å². The first-order valence-corrected chi connectivity index (χ1v) is 11.1. The van der Waals surface area contributed by atoms with E-state index in [1.807, 2.05) is 24.3 Å². The van der Waals surface area contributed by atoms with E-state index in [9.17, 15) is 4.79 Å². The minimum Gasteiger partial charge on any atom is -0.345 e. The highest BCUT2D eigenvalue weighted by atomic mass is 32.1. The van der Waals surface area contributed by atoms with E-state index in [1.165, 1.54) is 11.1 Å². The van der Waals surface area contributed by atoms with Gasteiger partial charge in [-0.2, -0.15) is 5.10 Å². The predicted octanol–water partition coefficient (Wildman–Crippen LogP) is 5.04. The summed E-state index contributed by atoms with van der Waals surface area (Å²) in [5.41, 5.74) is 5.11. The molecule has 1 aliphatic carbocycles. The van der Waals surface area contributed by atoms with Crippen LogP contribution >= 0.6 is 11.3 Å². The van der Waals surface area contributed by atoms with Crippen LogP contribution in [0.5, 0.6) is 0 Å². The summed E-state index contributed by atoms with van der Waals surface area (Å²) in [5, 5.41) is 12.3. The highest BCUT2D eigenvalue weighted by molar-refractivity contribution is 7.20. The number of nitrogens with zero attached hydrogens (tertiary/aromatic N) is 3. The lowest BCUT2D eigenvalue weighted by molar-refractivity contribution is 0.0937. The number of fused-ring (bicyclic) bond motifs is 3. The number of carbonyl (C=O) groups is 1. The molecular weight excluding hydrogens is 406 g/mol. The van der Waals surface area contributed by atoms with Crippen LogP contribution in [0.1, 0.15) is 39.7 Å². The zero-order valence-corrected chi connectivity index (χ0v) is 17.4. The first kappa shape index (κ1) is 18.2. The van der Waals surface area contributed by atoms with Crippen LogP contribution in [0.3, 0.4) is 0 Å². The van der Waals surface area contributed by atoms with Gasteiger partial charge < -0.3 is 5.32 Å². The van der Waals surface area contributed by atoms with Crippen LogP contribution in [0.15, 0.2) is 61.1 Å². The van der Waals surface area contributed by atoms with Crippen LogP contribution in [0.4, 0.5) is 0 Å². The van der Waals surface area contributed by atoms with Crippen molar-refractivity contribution in [1.82, 2.24) is 25.5 Å². The minimum absolute atomic E-state index is 0.000896. The van der Waals surface area contributed by atoms with Gasteiger partial charge in [0.1, 0.15) is 6.33 Å². The number of hydrogen-bond donors (Lipinski definition) is 2. The van der Waals surface area contributed by atoms with Gasteiger partial charge >= 0.3 is 0 Å². The lowest BCUT2D eigenvalue weighted by Gasteiger charge is -2.27. The molecular formula is C24H19N5OS. The fourth-order valence-electron chi connectivity index (χ4n) is 4.43. The molecule has 0 fully saturated rings. The highest BCUT2D eigenvalue weighted by Crippen LogP contribution is 2.34. The van der Waals surface area contributed by atoms with Crippen molar-refractivity contribution in [2.75, 3.05) is 0 Å². The number of aromatic nitrogens is 4. The summed E-state index contributed by atoms with van der Waals surface area (Å²) in [6.45, 7) is 0. The van der Waals surface area contributed by atoms with E-state index >= 15 is 0 Å². The topological polar surface area (TPSA) is 83.6 Å². The van der Waals surface area contributed by atoms with Gasteiger partial charge in [0.15, 0.2) is 5.65 Å². The molecule has 3 heterocycles. The van der Waals surface area contributed by atoms with E-state index in [0.717, 1.165) is 56.5 Å². The SMILES string of the molecule is O=C(NC1CCCc2cc(-c3ncnc4[nH]ncc34)ccc21)c1cc2ccccc2s1. The highest BCUT2D eigenvalue weighted by Gasteiger charge is 2.24. The van der Waals surface area contributed by atoms with Gasteiger partial charge in [-0.1, -0.05) is 30.3 Å². The number of carbonyl (C=O) groups excluding carboxylic acids is 1. The molecule has 2 aromatic carbocycles. The zero-order chi connectivity index (χ0) is 20.8. The molecule has 0 saturated heterocycles. The Kier molecular flexibility index (Phi) is 4.28. The summed E-state index contributed by atoms with van der Waals surface area (Å²) in [4.78, 5) is 22.4. The van der Waals surface area contributed by atoms with Crippen molar-refractivity contribution < 1.29 is 4.79 Å². The second kappa shape index (κ2) is 7.28. The third-order valence-corrected chi connectivity index (χ3v) is 7.05. The average molecular weight is 426 g/mol. The molecule has 31 heavy (non-hydrogen) atoms. The second-order valence-electron chi connectivity index (χ2n) is 7.83. The molecule has 0 aliphatic heterocycles.